The number of nitrogens with one attached hydrogen (secondary N) is 3. The van der Waals surface area contributed by atoms with Crippen molar-refractivity contribution in [3.8, 4) is 0 Å². The van der Waals surface area contributed by atoms with E-state index < -0.39 is 21.8 Å². The smallest absolute Gasteiger partial charge is 0.261 e. The third-order valence-electron chi connectivity index (χ3n) is 4.85. The third kappa shape index (κ3) is 5.09. The van der Waals surface area contributed by atoms with E-state index in [0.717, 1.165) is 5.56 Å². The van der Waals surface area contributed by atoms with Gasteiger partial charge in [-0.2, -0.15) is 0 Å². The number of anilines is 2. The maximum Gasteiger partial charge on any atom is 0.261 e. The Bertz CT molecular complexity index is 1310. The number of sulfonamides is 1. The van der Waals surface area contributed by atoms with Gasteiger partial charge in [0.1, 0.15) is 0 Å². The second kappa shape index (κ2) is 9.42. The molecule has 3 aromatic carbocycles. The highest BCUT2D eigenvalue weighted by Crippen LogP contribution is 2.24. The quantitative estimate of drug-likeness (QED) is 0.496. The van der Waals surface area contributed by atoms with E-state index in [0.29, 0.717) is 16.9 Å². The van der Waals surface area contributed by atoms with Crippen molar-refractivity contribution in [3.05, 3.63) is 87.9 Å². The van der Waals surface area contributed by atoms with Gasteiger partial charge in [-0.3, -0.25) is 14.3 Å². The van der Waals surface area contributed by atoms with E-state index in [4.69, 9.17) is 11.6 Å². The lowest BCUT2D eigenvalue weighted by molar-refractivity contribution is 0.0961. The SMILES string of the molecule is CNC(=O)c1cc(NC(=O)c2cc(S(=O)(=O)Nc3ccccc3C)ccc2C)ccc1Cl. The molecule has 0 aliphatic rings. The Morgan fingerprint density at radius 2 is 1.56 bits per heavy atom. The normalized spacial score (nSPS) is 11.0. The first kappa shape index (κ1) is 23.3. The second-order valence-corrected chi connectivity index (χ2v) is 9.21. The maximum absolute atomic E-state index is 12.9. The Morgan fingerprint density at radius 1 is 0.844 bits per heavy atom. The highest BCUT2D eigenvalue weighted by molar-refractivity contribution is 7.92. The molecule has 7 nitrogen and oxygen atoms in total. The standard InChI is InChI=1S/C23H22ClN3O4S/c1-14-8-10-17(32(30,31)27-21-7-5-4-6-15(21)2)13-18(14)23(29)26-16-9-11-20(24)19(12-16)22(28)25-3/h4-13,27H,1-3H3,(H,25,28)(H,26,29). The number of aryl methyl sites for hydroxylation is 2. The summed E-state index contributed by atoms with van der Waals surface area (Å²) in [4.78, 5) is 24.8. The highest BCUT2D eigenvalue weighted by Gasteiger charge is 2.19. The maximum atomic E-state index is 12.9. The lowest BCUT2D eigenvalue weighted by Crippen LogP contribution is -2.19. The minimum absolute atomic E-state index is 0.0429. The van der Waals surface area contributed by atoms with Crippen molar-refractivity contribution < 1.29 is 18.0 Å². The van der Waals surface area contributed by atoms with Crippen molar-refractivity contribution in [1.29, 1.82) is 0 Å². The lowest BCUT2D eigenvalue weighted by Gasteiger charge is -2.13. The second-order valence-electron chi connectivity index (χ2n) is 7.13. The Morgan fingerprint density at radius 3 is 2.25 bits per heavy atom. The van der Waals surface area contributed by atoms with Crippen LogP contribution in [0.5, 0.6) is 0 Å². The van der Waals surface area contributed by atoms with Crippen LogP contribution < -0.4 is 15.4 Å². The monoisotopic (exact) mass is 471 g/mol. The molecule has 0 aromatic heterocycles. The summed E-state index contributed by atoms with van der Waals surface area (Å²) in [6, 6.07) is 15.9. The van der Waals surface area contributed by atoms with Crippen LogP contribution in [0, 0.1) is 13.8 Å². The summed E-state index contributed by atoms with van der Waals surface area (Å²) in [5.41, 5.74) is 2.58. The molecule has 0 spiro atoms. The van der Waals surface area contributed by atoms with Gasteiger partial charge in [0.05, 0.1) is 21.2 Å². The zero-order chi connectivity index (χ0) is 23.5. The number of amides is 2. The summed E-state index contributed by atoms with van der Waals surface area (Å²) in [5.74, 6) is -0.904. The molecule has 0 unspecified atom stereocenters. The molecule has 0 aliphatic carbocycles. The molecule has 3 aromatic rings. The van der Waals surface area contributed by atoms with Gasteiger partial charge >= 0.3 is 0 Å². The van der Waals surface area contributed by atoms with Gasteiger partial charge in [-0.25, -0.2) is 8.42 Å². The van der Waals surface area contributed by atoms with Crippen molar-refractivity contribution in [2.24, 2.45) is 0 Å². The Balaban J connectivity index is 1.89. The number of benzene rings is 3. The van der Waals surface area contributed by atoms with Crippen LogP contribution in [0.25, 0.3) is 0 Å². The Hall–Kier alpha value is -3.36. The molecular weight excluding hydrogens is 450 g/mol. The average Bonchev–Trinajstić information content (AvgIpc) is 2.76. The predicted octanol–water partition coefficient (Wildman–Crippen LogP) is 4.37. The minimum Gasteiger partial charge on any atom is -0.355 e. The summed E-state index contributed by atoms with van der Waals surface area (Å²) < 4.78 is 28.3. The highest BCUT2D eigenvalue weighted by atomic mass is 35.5. The first-order valence-electron chi connectivity index (χ1n) is 9.64. The van der Waals surface area contributed by atoms with Crippen molar-refractivity contribution in [2.75, 3.05) is 17.1 Å². The average molecular weight is 472 g/mol. The largest absolute Gasteiger partial charge is 0.355 e. The molecule has 0 heterocycles. The summed E-state index contributed by atoms with van der Waals surface area (Å²) in [6.07, 6.45) is 0. The van der Waals surface area contributed by atoms with Crippen molar-refractivity contribution in [3.63, 3.8) is 0 Å². The molecule has 2 amide bonds. The van der Waals surface area contributed by atoms with Crippen molar-refractivity contribution in [2.45, 2.75) is 18.7 Å². The van der Waals surface area contributed by atoms with E-state index in [9.17, 15) is 18.0 Å². The number of hydrogen-bond donors (Lipinski definition) is 3. The van der Waals surface area contributed by atoms with E-state index in [2.05, 4.69) is 15.4 Å². The van der Waals surface area contributed by atoms with Crippen LogP contribution >= 0.6 is 11.6 Å². The first-order chi connectivity index (χ1) is 15.1. The number of rotatable bonds is 6. The molecule has 0 aliphatic heterocycles. The molecule has 0 fully saturated rings. The summed E-state index contributed by atoms with van der Waals surface area (Å²) >= 11 is 6.05. The van der Waals surface area contributed by atoms with Gasteiger partial charge in [0.25, 0.3) is 21.8 Å². The molecule has 0 saturated carbocycles. The number of hydrogen-bond acceptors (Lipinski definition) is 4. The van der Waals surface area contributed by atoms with Crippen LogP contribution in [-0.4, -0.2) is 27.3 Å². The predicted molar refractivity (Wildman–Crippen MR) is 126 cm³/mol. The number of carbonyl (C=O) groups is 2. The molecule has 0 atom stereocenters. The number of carbonyl (C=O) groups excluding carboxylic acids is 2. The molecule has 3 rings (SSSR count). The van der Waals surface area contributed by atoms with Gasteiger partial charge in [0, 0.05) is 18.3 Å². The fraction of sp³-hybridized carbons (Fsp3) is 0.130. The van der Waals surface area contributed by atoms with Crippen LogP contribution in [0.2, 0.25) is 5.02 Å². The van der Waals surface area contributed by atoms with Crippen LogP contribution in [0.3, 0.4) is 0 Å². The van der Waals surface area contributed by atoms with E-state index in [1.165, 1.54) is 31.3 Å². The Labute approximate surface area is 191 Å². The fourth-order valence-electron chi connectivity index (χ4n) is 3.01. The lowest BCUT2D eigenvalue weighted by atomic mass is 10.1. The van der Waals surface area contributed by atoms with Crippen LogP contribution in [0.15, 0.2) is 65.6 Å². The molecule has 32 heavy (non-hydrogen) atoms. The van der Waals surface area contributed by atoms with Gasteiger partial charge in [-0.1, -0.05) is 35.9 Å². The van der Waals surface area contributed by atoms with E-state index in [1.807, 2.05) is 6.07 Å². The van der Waals surface area contributed by atoms with Gasteiger partial charge in [-0.05, 0) is 61.4 Å². The number of para-hydroxylation sites is 1. The summed E-state index contributed by atoms with van der Waals surface area (Å²) in [6.45, 7) is 3.50. The van der Waals surface area contributed by atoms with Crippen molar-refractivity contribution in [1.82, 2.24) is 5.32 Å². The molecule has 3 N–H and O–H groups in total. The Kier molecular flexibility index (Phi) is 6.86. The summed E-state index contributed by atoms with van der Waals surface area (Å²) in [5, 5.41) is 5.42. The zero-order valence-electron chi connectivity index (χ0n) is 17.7. The van der Waals surface area contributed by atoms with Crippen LogP contribution in [-0.2, 0) is 10.0 Å². The topological polar surface area (TPSA) is 104 Å². The van der Waals surface area contributed by atoms with Gasteiger partial charge in [-0.15, -0.1) is 0 Å². The first-order valence-corrected chi connectivity index (χ1v) is 11.5. The van der Waals surface area contributed by atoms with Gasteiger partial charge < -0.3 is 10.6 Å². The molecular formula is C23H22ClN3O4S. The number of halogens is 1. The molecule has 9 heteroatoms. The summed E-state index contributed by atoms with van der Waals surface area (Å²) in [7, 11) is -2.43. The van der Waals surface area contributed by atoms with E-state index in [-0.39, 0.29) is 21.0 Å². The van der Waals surface area contributed by atoms with Crippen molar-refractivity contribution >= 4 is 44.8 Å². The molecule has 0 radical (unpaired) electrons. The minimum atomic E-state index is -3.91. The van der Waals surface area contributed by atoms with Crippen LogP contribution in [0.4, 0.5) is 11.4 Å². The zero-order valence-corrected chi connectivity index (χ0v) is 19.3. The van der Waals surface area contributed by atoms with Gasteiger partial charge in [0.15, 0.2) is 0 Å². The molecule has 166 valence electrons. The fourth-order valence-corrected chi connectivity index (χ4v) is 4.37. The third-order valence-corrected chi connectivity index (χ3v) is 6.54. The van der Waals surface area contributed by atoms with E-state index in [1.54, 1.807) is 44.2 Å². The molecule has 0 saturated heterocycles. The van der Waals surface area contributed by atoms with E-state index >= 15 is 0 Å². The van der Waals surface area contributed by atoms with Crippen LogP contribution in [0.1, 0.15) is 31.8 Å². The molecule has 0 bridgehead atoms. The van der Waals surface area contributed by atoms with Gasteiger partial charge in [0.2, 0.25) is 0 Å².